The van der Waals surface area contributed by atoms with Crippen LogP contribution >= 0.6 is 12.4 Å². The summed E-state index contributed by atoms with van der Waals surface area (Å²) < 4.78 is 38.4. The van der Waals surface area contributed by atoms with Crippen molar-refractivity contribution >= 4 is 18.3 Å². The van der Waals surface area contributed by atoms with Crippen molar-refractivity contribution in [2.75, 3.05) is 6.54 Å². The fourth-order valence-electron chi connectivity index (χ4n) is 2.34. The van der Waals surface area contributed by atoms with Crippen LogP contribution in [0.4, 0.5) is 13.2 Å². The summed E-state index contributed by atoms with van der Waals surface area (Å²) in [6.45, 7) is 3.58. The standard InChI is InChI=1S/C16H21F3N2O.ClH/c1-15(2,14(22)21-9-13(20)10-6-7-10)11-4-3-5-12(8-11)16(17,18)19;/h3-5,8,10,13H,6-7,9,20H2,1-2H3,(H,21,22);1H. The van der Waals surface area contributed by atoms with Crippen molar-refractivity contribution in [3.63, 3.8) is 0 Å². The Labute approximate surface area is 140 Å². The van der Waals surface area contributed by atoms with Gasteiger partial charge in [-0.05, 0) is 44.2 Å². The van der Waals surface area contributed by atoms with Gasteiger partial charge in [0, 0.05) is 12.6 Å². The molecular formula is C16H22ClF3N2O. The van der Waals surface area contributed by atoms with Gasteiger partial charge in [-0.1, -0.05) is 18.2 Å². The van der Waals surface area contributed by atoms with Crippen LogP contribution in [-0.4, -0.2) is 18.5 Å². The van der Waals surface area contributed by atoms with Crippen LogP contribution in [0, 0.1) is 5.92 Å². The Morgan fingerprint density at radius 2 is 1.87 bits per heavy atom. The number of carbonyl (C=O) groups is 1. The second-order valence-electron chi connectivity index (χ2n) is 6.41. The Kier molecular flexibility index (Phi) is 6.10. The quantitative estimate of drug-likeness (QED) is 0.856. The van der Waals surface area contributed by atoms with Gasteiger partial charge in [0.05, 0.1) is 11.0 Å². The van der Waals surface area contributed by atoms with Crippen LogP contribution in [0.15, 0.2) is 24.3 Å². The van der Waals surface area contributed by atoms with Crippen LogP contribution in [0.1, 0.15) is 37.8 Å². The molecule has 0 saturated heterocycles. The molecule has 0 aromatic heterocycles. The summed E-state index contributed by atoms with van der Waals surface area (Å²) in [5.74, 6) is 0.139. The Hall–Kier alpha value is -1.27. The zero-order valence-electron chi connectivity index (χ0n) is 13.1. The number of amides is 1. The largest absolute Gasteiger partial charge is 0.416 e. The molecule has 0 radical (unpaired) electrons. The molecule has 130 valence electrons. The van der Waals surface area contributed by atoms with E-state index in [1.165, 1.54) is 12.1 Å². The number of benzene rings is 1. The van der Waals surface area contributed by atoms with Crippen LogP contribution in [-0.2, 0) is 16.4 Å². The van der Waals surface area contributed by atoms with Gasteiger partial charge in [-0.2, -0.15) is 13.2 Å². The summed E-state index contributed by atoms with van der Waals surface area (Å²) >= 11 is 0. The van der Waals surface area contributed by atoms with E-state index in [9.17, 15) is 18.0 Å². The van der Waals surface area contributed by atoms with Crippen molar-refractivity contribution in [2.24, 2.45) is 11.7 Å². The highest BCUT2D eigenvalue weighted by Crippen LogP contribution is 2.33. The molecule has 7 heteroatoms. The van der Waals surface area contributed by atoms with E-state index in [1.54, 1.807) is 13.8 Å². The summed E-state index contributed by atoms with van der Waals surface area (Å²) in [6.07, 6.45) is -2.26. The molecule has 0 heterocycles. The predicted octanol–water partition coefficient (Wildman–Crippen LogP) is 3.26. The van der Waals surface area contributed by atoms with Gasteiger partial charge in [-0.15, -0.1) is 12.4 Å². The molecule has 1 amide bonds. The van der Waals surface area contributed by atoms with Gasteiger partial charge in [-0.25, -0.2) is 0 Å². The van der Waals surface area contributed by atoms with Gasteiger partial charge in [0.2, 0.25) is 5.91 Å². The van der Waals surface area contributed by atoms with Gasteiger partial charge < -0.3 is 11.1 Å². The topological polar surface area (TPSA) is 55.1 Å². The van der Waals surface area contributed by atoms with E-state index in [0.29, 0.717) is 18.0 Å². The Morgan fingerprint density at radius 1 is 1.30 bits per heavy atom. The smallest absolute Gasteiger partial charge is 0.354 e. The lowest BCUT2D eigenvalue weighted by Gasteiger charge is -2.26. The number of alkyl halides is 3. The van der Waals surface area contributed by atoms with Gasteiger partial charge in [0.15, 0.2) is 0 Å². The van der Waals surface area contributed by atoms with Crippen LogP contribution in [0.3, 0.4) is 0 Å². The first-order valence-electron chi connectivity index (χ1n) is 7.34. The third kappa shape index (κ3) is 4.85. The van der Waals surface area contributed by atoms with E-state index in [2.05, 4.69) is 5.32 Å². The zero-order valence-corrected chi connectivity index (χ0v) is 13.9. The second-order valence-corrected chi connectivity index (χ2v) is 6.41. The number of rotatable bonds is 5. The molecule has 1 aliphatic rings. The van der Waals surface area contributed by atoms with E-state index in [1.807, 2.05) is 0 Å². The molecule has 1 aromatic rings. The highest BCUT2D eigenvalue weighted by Gasteiger charge is 2.35. The fraction of sp³-hybridized carbons (Fsp3) is 0.562. The molecule has 1 aliphatic carbocycles. The highest BCUT2D eigenvalue weighted by molar-refractivity contribution is 5.87. The van der Waals surface area contributed by atoms with Crippen molar-refractivity contribution in [1.82, 2.24) is 5.32 Å². The molecule has 1 aromatic carbocycles. The van der Waals surface area contributed by atoms with Crippen LogP contribution in [0.2, 0.25) is 0 Å². The van der Waals surface area contributed by atoms with E-state index < -0.39 is 17.2 Å². The van der Waals surface area contributed by atoms with Gasteiger partial charge in [0.25, 0.3) is 0 Å². The average molecular weight is 351 g/mol. The summed E-state index contributed by atoms with van der Waals surface area (Å²) in [7, 11) is 0. The molecule has 3 N–H and O–H groups in total. The van der Waals surface area contributed by atoms with Crippen LogP contribution in [0.5, 0.6) is 0 Å². The molecule has 1 saturated carbocycles. The SMILES string of the molecule is CC(C)(C(=O)NCC(N)C1CC1)c1cccc(C(F)(F)F)c1.Cl. The van der Waals surface area contributed by atoms with Gasteiger partial charge >= 0.3 is 6.18 Å². The van der Waals surface area contributed by atoms with Crippen molar-refractivity contribution in [3.05, 3.63) is 35.4 Å². The fourth-order valence-corrected chi connectivity index (χ4v) is 2.34. The van der Waals surface area contributed by atoms with Gasteiger partial charge in [-0.3, -0.25) is 4.79 Å². The number of nitrogens with one attached hydrogen (secondary N) is 1. The Bertz CT molecular complexity index is 557. The predicted molar refractivity (Wildman–Crippen MR) is 85.4 cm³/mol. The molecule has 1 unspecified atom stereocenters. The maximum atomic E-state index is 12.8. The minimum atomic E-state index is -4.42. The number of nitrogens with two attached hydrogens (primary N) is 1. The van der Waals surface area contributed by atoms with Gasteiger partial charge in [0.1, 0.15) is 0 Å². The second kappa shape index (κ2) is 7.09. The molecule has 23 heavy (non-hydrogen) atoms. The van der Waals surface area contributed by atoms with E-state index >= 15 is 0 Å². The van der Waals surface area contributed by atoms with E-state index in [-0.39, 0.29) is 24.4 Å². The first kappa shape index (κ1) is 19.8. The minimum Gasteiger partial charge on any atom is -0.354 e. The van der Waals surface area contributed by atoms with Crippen LogP contribution < -0.4 is 11.1 Å². The van der Waals surface area contributed by atoms with E-state index in [4.69, 9.17) is 5.73 Å². The highest BCUT2D eigenvalue weighted by atomic mass is 35.5. The lowest BCUT2D eigenvalue weighted by atomic mass is 9.83. The summed E-state index contributed by atoms with van der Waals surface area (Å²) in [5, 5.41) is 2.76. The molecule has 0 bridgehead atoms. The average Bonchev–Trinajstić information content (AvgIpc) is 3.28. The van der Waals surface area contributed by atoms with Crippen molar-refractivity contribution < 1.29 is 18.0 Å². The van der Waals surface area contributed by atoms with Crippen molar-refractivity contribution in [1.29, 1.82) is 0 Å². The molecule has 0 aliphatic heterocycles. The third-order valence-corrected chi connectivity index (χ3v) is 4.21. The molecule has 0 spiro atoms. The number of hydrogen-bond donors (Lipinski definition) is 2. The summed E-state index contributed by atoms with van der Waals surface area (Å²) in [4.78, 5) is 12.3. The normalized spacial score (nSPS) is 16.4. The third-order valence-electron chi connectivity index (χ3n) is 4.21. The number of carbonyl (C=O) groups excluding carboxylic acids is 1. The minimum absolute atomic E-state index is 0. The molecular weight excluding hydrogens is 329 g/mol. The Morgan fingerprint density at radius 3 is 2.39 bits per heavy atom. The first-order chi connectivity index (χ1) is 10.1. The first-order valence-corrected chi connectivity index (χ1v) is 7.34. The number of halogens is 4. The Balaban J connectivity index is 0.00000264. The maximum absolute atomic E-state index is 12.8. The summed E-state index contributed by atoms with van der Waals surface area (Å²) in [6, 6.07) is 4.81. The number of hydrogen-bond acceptors (Lipinski definition) is 2. The molecule has 1 fully saturated rings. The van der Waals surface area contributed by atoms with Crippen LogP contribution in [0.25, 0.3) is 0 Å². The van der Waals surface area contributed by atoms with E-state index in [0.717, 1.165) is 25.0 Å². The van der Waals surface area contributed by atoms with Crippen molar-refractivity contribution in [2.45, 2.75) is 44.3 Å². The lowest BCUT2D eigenvalue weighted by Crippen LogP contribution is -2.45. The summed E-state index contributed by atoms with van der Waals surface area (Å²) in [5.41, 5.74) is 4.46. The zero-order chi connectivity index (χ0) is 16.5. The lowest BCUT2D eigenvalue weighted by molar-refractivity contribution is -0.137. The maximum Gasteiger partial charge on any atom is 0.416 e. The monoisotopic (exact) mass is 350 g/mol. The molecule has 3 nitrogen and oxygen atoms in total. The molecule has 1 atom stereocenters. The van der Waals surface area contributed by atoms with Crippen molar-refractivity contribution in [3.8, 4) is 0 Å². The molecule has 2 rings (SSSR count).